The average molecular weight is 299 g/mol. The quantitative estimate of drug-likeness (QED) is 0.611. The summed E-state index contributed by atoms with van der Waals surface area (Å²) in [6.07, 6.45) is 11.2. The molecule has 0 amide bonds. The monoisotopic (exact) mass is 298 g/mol. The highest BCUT2D eigenvalue weighted by atomic mass is 32.1. The van der Waals surface area contributed by atoms with Gasteiger partial charge in [-0.05, 0) is 63.5 Å². The average Bonchev–Trinajstić information content (AvgIpc) is 2.73. The molecule has 0 radical (unpaired) electrons. The number of nitrogens with zero attached hydrogens (tertiary/aromatic N) is 2. The second-order valence-corrected chi connectivity index (χ2v) is 7.47. The van der Waals surface area contributed by atoms with Crippen LogP contribution in [0.5, 0.6) is 0 Å². The molecule has 0 aromatic heterocycles. The minimum absolute atomic E-state index is 0.496. The van der Waals surface area contributed by atoms with Crippen LogP contribution in [0.25, 0.3) is 0 Å². The Morgan fingerprint density at radius 1 is 1.10 bits per heavy atom. The van der Waals surface area contributed by atoms with Gasteiger partial charge >= 0.3 is 0 Å². The maximum Gasteiger partial charge on any atom is 0.0117 e. The maximum absolute atomic E-state index is 4.73. The summed E-state index contributed by atoms with van der Waals surface area (Å²) in [7, 11) is 2.36. The van der Waals surface area contributed by atoms with E-state index < -0.39 is 0 Å². The van der Waals surface area contributed by atoms with E-state index in [1.165, 1.54) is 77.5 Å². The van der Waals surface area contributed by atoms with Gasteiger partial charge in [0, 0.05) is 12.6 Å². The van der Waals surface area contributed by atoms with E-state index in [4.69, 9.17) is 12.6 Å². The molecule has 1 aliphatic heterocycles. The van der Waals surface area contributed by atoms with Gasteiger partial charge in [-0.2, -0.15) is 12.6 Å². The molecule has 0 aromatic carbocycles. The van der Waals surface area contributed by atoms with E-state index in [0.717, 1.165) is 11.8 Å². The van der Waals surface area contributed by atoms with E-state index in [9.17, 15) is 0 Å². The molecule has 3 heteroatoms. The van der Waals surface area contributed by atoms with Crippen LogP contribution in [-0.4, -0.2) is 54.8 Å². The van der Waals surface area contributed by atoms with Crippen LogP contribution in [-0.2, 0) is 0 Å². The minimum Gasteiger partial charge on any atom is -0.303 e. The molecule has 1 saturated carbocycles. The molecule has 20 heavy (non-hydrogen) atoms. The first-order chi connectivity index (χ1) is 9.69. The molecule has 1 saturated heterocycles. The Balaban J connectivity index is 1.87. The van der Waals surface area contributed by atoms with E-state index in [1.54, 1.807) is 0 Å². The van der Waals surface area contributed by atoms with Crippen molar-refractivity contribution < 1.29 is 0 Å². The highest BCUT2D eigenvalue weighted by Gasteiger charge is 2.33. The fraction of sp³-hybridized carbons (Fsp3) is 1.00. The molecule has 1 aliphatic carbocycles. The fourth-order valence-electron chi connectivity index (χ4n) is 4.18. The zero-order valence-corrected chi connectivity index (χ0v) is 14.5. The summed E-state index contributed by atoms with van der Waals surface area (Å²) in [5.41, 5.74) is 0.496. The van der Waals surface area contributed by atoms with Gasteiger partial charge in [-0.15, -0.1) is 0 Å². The molecule has 2 nitrogen and oxygen atoms in total. The van der Waals surface area contributed by atoms with E-state index >= 15 is 0 Å². The summed E-state index contributed by atoms with van der Waals surface area (Å²) in [5.74, 6) is 1.07. The van der Waals surface area contributed by atoms with Gasteiger partial charge in [0.15, 0.2) is 0 Å². The van der Waals surface area contributed by atoms with Crippen molar-refractivity contribution in [2.24, 2.45) is 5.41 Å². The van der Waals surface area contributed by atoms with Gasteiger partial charge in [-0.25, -0.2) is 0 Å². The number of likely N-dealkylation sites (tertiary alicyclic amines) is 1. The first-order valence-corrected chi connectivity index (χ1v) is 9.36. The Morgan fingerprint density at radius 3 is 2.20 bits per heavy atom. The second-order valence-electron chi connectivity index (χ2n) is 7.15. The van der Waals surface area contributed by atoms with Gasteiger partial charge in [0.05, 0.1) is 0 Å². The SMILES string of the molecule is CCN1CCC(N(C)CC2(CS)CCCCCC2)CC1. The predicted molar refractivity (Wildman–Crippen MR) is 91.8 cm³/mol. The van der Waals surface area contributed by atoms with Crippen molar-refractivity contribution in [3.8, 4) is 0 Å². The lowest BCUT2D eigenvalue weighted by Crippen LogP contribution is -2.47. The molecule has 2 aliphatic rings. The fourth-order valence-corrected chi connectivity index (χ4v) is 4.60. The van der Waals surface area contributed by atoms with Crippen molar-refractivity contribution in [2.75, 3.05) is 39.0 Å². The van der Waals surface area contributed by atoms with Crippen molar-refractivity contribution in [2.45, 2.75) is 64.3 Å². The van der Waals surface area contributed by atoms with Crippen LogP contribution in [0.2, 0.25) is 0 Å². The molecular weight excluding hydrogens is 264 g/mol. The molecule has 1 heterocycles. The van der Waals surface area contributed by atoms with Gasteiger partial charge in [-0.3, -0.25) is 0 Å². The van der Waals surface area contributed by atoms with Gasteiger partial charge in [-0.1, -0.05) is 32.6 Å². The van der Waals surface area contributed by atoms with Crippen LogP contribution in [0.4, 0.5) is 0 Å². The minimum atomic E-state index is 0.496. The van der Waals surface area contributed by atoms with Gasteiger partial charge in [0.25, 0.3) is 0 Å². The normalized spacial score (nSPS) is 25.8. The lowest BCUT2D eigenvalue weighted by atomic mass is 9.81. The molecule has 0 atom stereocenters. The van der Waals surface area contributed by atoms with E-state index in [-0.39, 0.29) is 0 Å². The summed E-state index contributed by atoms with van der Waals surface area (Å²) in [5, 5.41) is 0. The van der Waals surface area contributed by atoms with Gasteiger partial charge in [0.1, 0.15) is 0 Å². The number of thiol groups is 1. The van der Waals surface area contributed by atoms with Crippen molar-refractivity contribution in [3.05, 3.63) is 0 Å². The number of hydrogen-bond donors (Lipinski definition) is 1. The molecular formula is C17H34N2S. The van der Waals surface area contributed by atoms with Crippen LogP contribution >= 0.6 is 12.6 Å². The number of hydrogen-bond acceptors (Lipinski definition) is 3. The lowest BCUT2D eigenvalue weighted by molar-refractivity contribution is 0.0883. The highest BCUT2D eigenvalue weighted by Crippen LogP contribution is 2.37. The first-order valence-electron chi connectivity index (χ1n) is 8.72. The Hall–Kier alpha value is 0.270. The topological polar surface area (TPSA) is 6.48 Å². The van der Waals surface area contributed by atoms with Crippen LogP contribution in [0, 0.1) is 5.41 Å². The molecule has 118 valence electrons. The van der Waals surface area contributed by atoms with Gasteiger partial charge < -0.3 is 9.80 Å². The lowest BCUT2D eigenvalue weighted by Gasteiger charge is -2.42. The summed E-state index contributed by atoms with van der Waals surface area (Å²) in [6.45, 7) is 7.36. The third-order valence-corrected chi connectivity index (χ3v) is 6.38. The highest BCUT2D eigenvalue weighted by molar-refractivity contribution is 7.80. The van der Waals surface area contributed by atoms with E-state index in [1.807, 2.05) is 0 Å². The summed E-state index contributed by atoms with van der Waals surface area (Å²) >= 11 is 4.73. The van der Waals surface area contributed by atoms with Crippen LogP contribution in [0.1, 0.15) is 58.3 Å². The van der Waals surface area contributed by atoms with Crippen molar-refractivity contribution in [1.82, 2.24) is 9.80 Å². The van der Waals surface area contributed by atoms with Crippen molar-refractivity contribution in [3.63, 3.8) is 0 Å². The summed E-state index contributed by atoms with van der Waals surface area (Å²) in [6, 6.07) is 0.804. The Labute approximate surface area is 131 Å². The van der Waals surface area contributed by atoms with Gasteiger partial charge in [0.2, 0.25) is 0 Å². The largest absolute Gasteiger partial charge is 0.303 e. The standard InChI is InChI=1S/C17H34N2S/c1-3-19-12-8-16(9-13-19)18(2)14-17(15-20)10-6-4-5-7-11-17/h16,20H,3-15H2,1-2H3. The molecule has 0 bridgehead atoms. The Morgan fingerprint density at radius 2 is 1.70 bits per heavy atom. The maximum atomic E-state index is 4.73. The predicted octanol–water partition coefficient (Wildman–Crippen LogP) is 3.67. The molecule has 2 rings (SSSR count). The summed E-state index contributed by atoms with van der Waals surface area (Å²) in [4.78, 5) is 5.26. The first kappa shape index (κ1) is 16.6. The third-order valence-electron chi connectivity index (χ3n) is 5.71. The third kappa shape index (κ3) is 4.38. The molecule has 0 N–H and O–H groups in total. The Bertz CT molecular complexity index is 266. The Kier molecular flexibility index (Phi) is 6.70. The molecule has 0 spiro atoms. The smallest absolute Gasteiger partial charge is 0.0117 e. The van der Waals surface area contributed by atoms with Crippen molar-refractivity contribution in [1.29, 1.82) is 0 Å². The van der Waals surface area contributed by atoms with E-state index in [0.29, 0.717) is 5.41 Å². The molecule has 0 aromatic rings. The zero-order chi connectivity index (χ0) is 14.4. The molecule has 0 unspecified atom stereocenters. The number of rotatable bonds is 5. The van der Waals surface area contributed by atoms with E-state index in [2.05, 4.69) is 23.8 Å². The summed E-state index contributed by atoms with van der Waals surface area (Å²) < 4.78 is 0. The van der Waals surface area contributed by atoms with Crippen LogP contribution < -0.4 is 0 Å². The van der Waals surface area contributed by atoms with Crippen LogP contribution in [0.3, 0.4) is 0 Å². The van der Waals surface area contributed by atoms with Crippen LogP contribution in [0.15, 0.2) is 0 Å². The molecule has 2 fully saturated rings. The van der Waals surface area contributed by atoms with Crippen molar-refractivity contribution >= 4 is 12.6 Å². The zero-order valence-electron chi connectivity index (χ0n) is 13.6. The number of piperidine rings is 1. The second kappa shape index (κ2) is 8.05.